The zero-order chi connectivity index (χ0) is 33.3. The minimum Gasteiger partial charge on any atom is -0.486 e. The number of thioether (sulfide) groups is 1. The molecule has 0 radical (unpaired) electrons. The lowest BCUT2D eigenvalue weighted by atomic mass is 9.88. The van der Waals surface area contributed by atoms with Crippen LogP contribution in [0, 0.1) is 10.1 Å². The number of amides is 1. The summed E-state index contributed by atoms with van der Waals surface area (Å²) in [5, 5.41) is 11.8. The molecule has 3 N–H and O–H groups in total. The zero-order valence-corrected chi connectivity index (χ0v) is 26.6. The summed E-state index contributed by atoms with van der Waals surface area (Å²) in [6.45, 7) is 6.52. The number of aryl methyl sites for hydroxylation is 2. The molecule has 1 aromatic heterocycles. The number of nitrogens with zero attached hydrogens (tertiary/aromatic N) is 2. The van der Waals surface area contributed by atoms with Crippen molar-refractivity contribution in [2.45, 2.75) is 57.6 Å². The molecular weight excluding hydrogens is 616 g/mol. The van der Waals surface area contributed by atoms with E-state index in [9.17, 15) is 29.3 Å². The monoisotopic (exact) mass is 650 g/mol. The lowest BCUT2D eigenvalue weighted by Gasteiger charge is -2.48. The Morgan fingerprint density at radius 1 is 1.22 bits per heavy atom. The summed E-state index contributed by atoms with van der Waals surface area (Å²) in [6, 6.07) is 10.2. The molecule has 2 aromatic carbocycles. The molecule has 3 aliphatic rings. The topological polar surface area (TPSA) is 184 Å². The minimum atomic E-state index is -0.688. The number of aldehydes is 1. The maximum absolute atomic E-state index is 12.4. The Hall–Kier alpha value is -4.69. The van der Waals surface area contributed by atoms with E-state index in [1.807, 2.05) is 24.3 Å². The molecular formula is C32H34N4O9S. The summed E-state index contributed by atoms with van der Waals surface area (Å²) in [4.78, 5) is 61.6. The molecule has 46 heavy (non-hydrogen) atoms. The Kier molecular flexibility index (Phi) is 9.22. The van der Waals surface area contributed by atoms with Crippen LogP contribution < -0.4 is 10.5 Å². The number of carbonyl (C=O) groups excluding carboxylic acids is 4. The highest BCUT2D eigenvalue weighted by molar-refractivity contribution is 8.00. The van der Waals surface area contributed by atoms with E-state index in [0.717, 1.165) is 40.7 Å². The standard InChI is InChI=1S/C18H14N2O4.C14H20N2O5S/c21-8-9-24-12-5-7-13-11(10-12)4-6-14-17-15(19-18(13)14)2-1-3-16(17)20(22)23;1-7(17)20-5-8-6-22-12-9(15)11(18)16(12)10(8)13(19)21-14(2,3)4/h1-3,5,7-8,10,19H,4,6,9H2;9,12H,5-6,15H2,1-4H3. The number of fused-ring (bicyclic) bond motifs is 6. The molecule has 242 valence electrons. The van der Waals surface area contributed by atoms with Gasteiger partial charge in [0, 0.05) is 29.9 Å². The molecule has 13 nitrogen and oxygen atoms in total. The van der Waals surface area contributed by atoms with Crippen LogP contribution in [0.15, 0.2) is 47.7 Å². The second kappa shape index (κ2) is 13.0. The Balaban J connectivity index is 0.000000182. The second-order valence-corrected chi connectivity index (χ2v) is 13.0. The quantitative estimate of drug-likeness (QED) is 0.125. The van der Waals surface area contributed by atoms with Crippen molar-refractivity contribution < 1.29 is 38.3 Å². The molecule has 2 unspecified atom stereocenters. The third-order valence-electron chi connectivity index (χ3n) is 7.54. The van der Waals surface area contributed by atoms with Gasteiger partial charge in [0.2, 0.25) is 5.91 Å². The van der Waals surface area contributed by atoms with Gasteiger partial charge in [-0.1, -0.05) is 6.07 Å². The number of benzene rings is 2. The van der Waals surface area contributed by atoms with E-state index >= 15 is 0 Å². The summed E-state index contributed by atoms with van der Waals surface area (Å²) in [5.41, 5.74) is 10.8. The summed E-state index contributed by atoms with van der Waals surface area (Å²) in [6.07, 6.45) is 2.22. The van der Waals surface area contributed by atoms with Crippen molar-refractivity contribution in [3.05, 3.63) is 68.9 Å². The number of esters is 2. The summed E-state index contributed by atoms with van der Waals surface area (Å²) < 4.78 is 15.7. The number of hydrogen-bond donors (Lipinski definition) is 2. The average Bonchev–Trinajstić information content (AvgIpc) is 3.40. The Bertz CT molecular complexity index is 1770. The van der Waals surface area contributed by atoms with Crippen LogP contribution in [0.5, 0.6) is 5.75 Å². The fraction of sp³-hybridized carbons (Fsp3) is 0.375. The van der Waals surface area contributed by atoms with Crippen molar-refractivity contribution >= 4 is 52.5 Å². The van der Waals surface area contributed by atoms with E-state index < -0.39 is 23.6 Å². The Labute approximate surface area is 268 Å². The Morgan fingerprint density at radius 3 is 2.65 bits per heavy atom. The predicted molar refractivity (Wildman–Crippen MR) is 170 cm³/mol. The molecule has 2 atom stereocenters. The maximum atomic E-state index is 12.4. The van der Waals surface area contributed by atoms with E-state index in [1.165, 1.54) is 23.6 Å². The van der Waals surface area contributed by atoms with Gasteiger partial charge in [-0.15, -0.1) is 11.8 Å². The fourth-order valence-corrected chi connectivity index (χ4v) is 6.90. The number of H-pyrrole nitrogens is 1. The molecule has 3 heterocycles. The first-order valence-corrected chi connectivity index (χ1v) is 15.6. The number of nitro groups is 1. The molecule has 14 heteroatoms. The van der Waals surface area contributed by atoms with Gasteiger partial charge in [0.05, 0.1) is 21.5 Å². The first-order chi connectivity index (χ1) is 21.8. The number of non-ortho nitro benzene ring substituents is 1. The van der Waals surface area contributed by atoms with Crippen LogP contribution in [-0.2, 0) is 41.5 Å². The second-order valence-electron chi connectivity index (χ2n) is 11.9. The van der Waals surface area contributed by atoms with Gasteiger partial charge in [-0.05, 0) is 69.0 Å². The zero-order valence-electron chi connectivity index (χ0n) is 25.8. The van der Waals surface area contributed by atoms with E-state index in [0.29, 0.717) is 28.7 Å². The molecule has 3 aromatic rings. The molecule has 1 amide bonds. The lowest BCUT2D eigenvalue weighted by molar-refractivity contribution is -0.383. The lowest BCUT2D eigenvalue weighted by Crippen LogP contribution is -2.68. The highest BCUT2D eigenvalue weighted by Gasteiger charge is 2.52. The van der Waals surface area contributed by atoms with Gasteiger partial charge in [0.15, 0.2) is 6.29 Å². The molecule has 0 saturated carbocycles. The molecule has 1 saturated heterocycles. The number of ether oxygens (including phenoxy) is 3. The molecule has 2 aliphatic heterocycles. The van der Waals surface area contributed by atoms with Crippen molar-refractivity contribution in [2.75, 3.05) is 19.0 Å². The largest absolute Gasteiger partial charge is 0.486 e. The normalized spacial score (nSPS) is 18.3. The number of nitrogens with one attached hydrogen (secondary N) is 1. The minimum absolute atomic E-state index is 0.0304. The summed E-state index contributed by atoms with van der Waals surface area (Å²) in [5.74, 6) is -0.246. The molecule has 1 aliphatic carbocycles. The number of nitro benzene ring substituents is 1. The van der Waals surface area contributed by atoms with Gasteiger partial charge in [-0.2, -0.15) is 0 Å². The van der Waals surface area contributed by atoms with Crippen LogP contribution in [0.4, 0.5) is 5.69 Å². The highest BCUT2D eigenvalue weighted by Crippen LogP contribution is 2.42. The van der Waals surface area contributed by atoms with Gasteiger partial charge in [-0.3, -0.25) is 29.4 Å². The number of aromatic nitrogens is 1. The number of rotatable bonds is 7. The van der Waals surface area contributed by atoms with E-state index in [4.69, 9.17) is 19.9 Å². The van der Waals surface area contributed by atoms with Gasteiger partial charge < -0.3 is 24.9 Å². The van der Waals surface area contributed by atoms with E-state index in [-0.39, 0.29) is 40.8 Å². The van der Waals surface area contributed by atoms with Gasteiger partial charge in [0.25, 0.3) is 5.69 Å². The van der Waals surface area contributed by atoms with Crippen molar-refractivity contribution in [2.24, 2.45) is 5.73 Å². The molecule has 0 spiro atoms. The number of nitrogens with two attached hydrogens (primary N) is 1. The maximum Gasteiger partial charge on any atom is 0.355 e. The molecule has 6 rings (SSSR count). The smallest absolute Gasteiger partial charge is 0.355 e. The molecule has 0 bridgehead atoms. The van der Waals surface area contributed by atoms with Crippen molar-refractivity contribution in [3.63, 3.8) is 0 Å². The van der Waals surface area contributed by atoms with Crippen LogP contribution in [-0.4, -0.2) is 74.9 Å². The Morgan fingerprint density at radius 2 is 1.98 bits per heavy atom. The van der Waals surface area contributed by atoms with Crippen LogP contribution >= 0.6 is 11.8 Å². The third-order valence-corrected chi connectivity index (χ3v) is 8.90. The van der Waals surface area contributed by atoms with Gasteiger partial charge in [0.1, 0.15) is 41.7 Å². The number of hydrogen-bond acceptors (Lipinski definition) is 11. The first kappa shape index (κ1) is 32.7. The first-order valence-electron chi connectivity index (χ1n) is 14.6. The van der Waals surface area contributed by atoms with Crippen LogP contribution in [0.1, 0.15) is 38.8 Å². The van der Waals surface area contributed by atoms with E-state index in [1.54, 1.807) is 32.9 Å². The average molecular weight is 651 g/mol. The third kappa shape index (κ3) is 6.49. The predicted octanol–water partition coefficient (Wildman–Crippen LogP) is 3.81. The van der Waals surface area contributed by atoms with E-state index in [2.05, 4.69) is 4.98 Å². The number of β-lactam (4-membered cyclic amide) rings is 1. The van der Waals surface area contributed by atoms with Gasteiger partial charge >= 0.3 is 11.9 Å². The van der Waals surface area contributed by atoms with Crippen molar-refractivity contribution in [3.8, 4) is 17.0 Å². The SMILES string of the molecule is CC(=O)OCC1=C(C(=O)OC(C)(C)C)N2C(=O)C(N)C2SC1.O=CCOc1ccc2c(c1)CCc1c-2[nH]c2cccc([N+](=O)[O-])c12. The number of aromatic amines is 1. The van der Waals surface area contributed by atoms with Crippen LogP contribution in [0.2, 0.25) is 0 Å². The number of carbonyl (C=O) groups is 4. The van der Waals surface area contributed by atoms with Crippen molar-refractivity contribution in [1.82, 2.24) is 9.88 Å². The summed E-state index contributed by atoms with van der Waals surface area (Å²) >= 11 is 1.45. The van der Waals surface area contributed by atoms with Crippen LogP contribution in [0.25, 0.3) is 22.2 Å². The summed E-state index contributed by atoms with van der Waals surface area (Å²) in [7, 11) is 0. The van der Waals surface area contributed by atoms with Crippen LogP contribution in [0.3, 0.4) is 0 Å². The molecule has 1 fully saturated rings. The van der Waals surface area contributed by atoms with Gasteiger partial charge in [-0.25, -0.2) is 4.79 Å². The van der Waals surface area contributed by atoms with Crippen molar-refractivity contribution in [1.29, 1.82) is 0 Å². The highest BCUT2D eigenvalue weighted by atomic mass is 32.2. The fourth-order valence-electron chi connectivity index (χ4n) is 5.62.